The highest BCUT2D eigenvalue weighted by molar-refractivity contribution is 6.35. The highest BCUT2D eigenvalue weighted by atomic mass is 35.5. The second-order valence-electron chi connectivity index (χ2n) is 3.97. The van der Waals surface area contributed by atoms with Crippen LogP contribution in [0, 0.1) is 12.7 Å². The van der Waals surface area contributed by atoms with Crippen molar-refractivity contribution in [2.75, 3.05) is 11.1 Å². The number of nitrogens with two attached hydrogens (primary N) is 1. The first-order chi connectivity index (χ1) is 8.47. The van der Waals surface area contributed by atoms with Crippen LogP contribution in [0.25, 0.3) is 0 Å². The largest absolute Gasteiger partial charge is 0.397 e. The van der Waals surface area contributed by atoms with Gasteiger partial charge in [0.1, 0.15) is 0 Å². The molecule has 2 aromatic carbocycles. The van der Waals surface area contributed by atoms with E-state index >= 15 is 0 Å². The Morgan fingerprint density at radius 3 is 2.28 bits per heavy atom. The van der Waals surface area contributed by atoms with Gasteiger partial charge in [0.05, 0.1) is 21.4 Å². The van der Waals surface area contributed by atoms with E-state index in [1.165, 1.54) is 12.1 Å². The number of nitrogens with one attached hydrogen (secondary N) is 1. The summed E-state index contributed by atoms with van der Waals surface area (Å²) in [6.07, 6.45) is 0. The van der Waals surface area contributed by atoms with Gasteiger partial charge in [0, 0.05) is 5.69 Å². The maximum Gasteiger partial charge on any atom is 0.160 e. The SMILES string of the molecule is Cc1ccc(Nc2cc(Cl)c(F)c(Cl)c2)c(N)c1. The summed E-state index contributed by atoms with van der Waals surface area (Å²) in [4.78, 5) is 0. The van der Waals surface area contributed by atoms with E-state index in [4.69, 9.17) is 28.9 Å². The van der Waals surface area contributed by atoms with Crippen LogP contribution in [0.3, 0.4) is 0 Å². The summed E-state index contributed by atoms with van der Waals surface area (Å²) in [6.45, 7) is 1.95. The number of nitrogen functional groups attached to an aromatic ring is 1. The molecule has 0 heterocycles. The average Bonchev–Trinajstić information content (AvgIpc) is 2.29. The van der Waals surface area contributed by atoms with E-state index in [9.17, 15) is 4.39 Å². The number of benzene rings is 2. The minimum Gasteiger partial charge on any atom is -0.397 e. The topological polar surface area (TPSA) is 38.0 Å². The molecular formula is C13H11Cl2FN2. The number of rotatable bonds is 2. The van der Waals surface area contributed by atoms with Crippen LogP contribution in [0.2, 0.25) is 10.0 Å². The minimum absolute atomic E-state index is 0.0318. The van der Waals surface area contributed by atoms with Crippen LogP contribution in [-0.2, 0) is 0 Å². The van der Waals surface area contributed by atoms with Gasteiger partial charge in [-0.25, -0.2) is 4.39 Å². The zero-order valence-electron chi connectivity index (χ0n) is 9.60. The molecule has 2 rings (SSSR count). The van der Waals surface area contributed by atoms with Crippen molar-refractivity contribution >= 4 is 40.3 Å². The molecule has 0 radical (unpaired) electrons. The number of hydrogen-bond acceptors (Lipinski definition) is 2. The molecule has 0 atom stereocenters. The molecule has 0 aliphatic rings. The predicted octanol–water partition coefficient (Wildman–Crippen LogP) is 4.77. The first-order valence-electron chi connectivity index (χ1n) is 5.25. The monoisotopic (exact) mass is 284 g/mol. The molecule has 0 spiro atoms. The van der Waals surface area contributed by atoms with Crippen molar-refractivity contribution in [3.8, 4) is 0 Å². The lowest BCUT2D eigenvalue weighted by molar-refractivity contribution is 0.629. The van der Waals surface area contributed by atoms with Crippen molar-refractivity contribution in [3.05, 3.63) is 51.8 Å². The number of anilines is 3. The van der Waals surface area contributed by atoms with Crippen molar-refractivity contribution in [1.82, 2.24) is 0 Å². The van der Waals surface area contributed by atoms with E-state index in [1.807, 2.05) is 25.1 Å². The molecule has 0 saturated heterocycles. The molecule has 0 bridgehead atoms. The third-order valence-electron chi connectivity index (χ3n) is 2.47. The lowest BCUT2D eigenvalue weighted by atomic mass is 10.2. The Kier molecular flexibility index (Phi) is 3.64. The number of hydrogen-bond donors (Lipinski definition) is 2. The van der Waals surface area contributed by atoms with Gasteiger partial charge in [0.2, 0.25) is 0 Å². The molecule has 3 N–H and O–H groups in total. The molecular weight excluding hydrogens is 274 g/mol. The van der Waals surface area contributed by atoms with E-state index in [0.717, 1.165) is 11.3 Å². The Morgan fingerprint density at radius 2 is 1.72 bits per heavy atom. The number of halogens is 3. The van der Waals surface area contributed by atoms with E-state index in [2.05, 4.69) is 5.32 Å². The van der Waals surface area contributed by atoms with Gasteiger partial charge in [0.15, 0.2) is 5.82 Å². The van der Waals surface area contributed by atoms with E-state index in [-0.39, 0.29) is 10.0 Å². The molecule has 2 aromatic rings. The molecule has 94 valence electrons. The van der Waals surface area contributed by atoms with Crippen LogP contribution in [0.4, 0.5) is 21.5 Å². The van der Waals surface area contributed by atoms with Crippen LogP contribution < -0.4 is 11.1 Å². The molecule has 0 aromatic heterocycles. The molecule has 0 fully saturated rings. The highest BCUT2D eigenvalue weighted by Gasteiger charge is 2.08. The molecule has 0 aliphatic carbocycles. The summed E-state index contributed by atoms with van der Waals surface area (Å²) in [6, 6.07) is 8.53. The summed E-state index contributed by atoms with van der Waals surface area (Å²) in [5.74, 6) is -0.624. The van der Waals surface area contributed by atoms with Gasteiger partial charge in [-0.3, -0.25) is 0 Å². The second-order valence-corrected chi connectivity index (χ2v) is 4.78. The van der Waals surface area contributed by atoms with Crippen LogP contribution in [0.15, 0.2) is 30.3 Å². The van der Waals surface area contributed by atoms with E-state index in [1.54, 1.807) is 0 Å². The van der Waals surface area contributed by atoms with Crippen LogP contribution in [0.5, 0.6) is 0 Å². The van der Waals surface area contributed by atoms with Crippen molar-refractivity contribution in [1.29, 1.82) is 0 Å². The summed E-state index contributed by atoms with van der Waals surface area (Å²) in [5.41, 5.74) is 8.85. The van der Waals surface area contributed by atoms with Gasteiger partial charge in [-0.1, -0.05) is 29.3 Å². The molecule has 5 heteroatoms. The Hall–Kier alpha value is -1.45. The maximum absolute atomic E-state index is 13.3. The normalized spacial score (nSPS) is 10.4. The lowest BCUT2D eigenvalue weighted by Gasteiger charge is -2.11. The number of aryl methyl sites for hydroxylation is 1. The fourth-order valence-electron chi connectivity index (χ4n) is 1.58. The second kappa shape index (κ2) is 5.04. The third kappa shape index (κ3) is 2.68. The first kappa shape index (κ1) is 13.0. The van der Waals surface area contributed by atoms with Gasteiger partial charge >= 0.3 is 0 Å². The summed E-state index contributed by atoms with van der Waals surface area (Å²) in [7, 11) is 0. The standard InChI is InChI=1S/C13H11Cl2FN2/c1-7-2-3-12(11(17)4-7)18-8-5-9(14)13(16)10(15)6-8/h2-6,18H,17H2,1H3. The summed E-state index contributed by atoms with van der Waals surface area (Å²) < 4.78 is 13.3. The first-order valence-corrected chi connectivity index (χ1v) is 6.00. The van der Waals surface area contributed by atoms with Crippen molar-refractivity contribution in [2.24, 2.45) is 0 Å². The minimum atomic E-state index is -0.624. The van der Waals surface area contributed by atoms with Crippen molar-refractivity contribution in [3.63, 3.8) is 0 Å². The van der Waals surface area contributed by atoms with Crippen LogP contribution in [0.1, 0.15) is 5.56 Å². The van der Waals surface area contributed by atoms with E-state index < -0.39 is 5.82 Å². The smallest absolute Gasteiger partial charge is 0.160 e. The quantitative estimate of drug-likeness (QED) is 0.616. The third-order valence-corrected chi connectivity index (χ3v) is 3.02. The van der Waals surface area contributed by atoms with E-state index in [0.29, 0.717) is 11.4 Å². The molecule has 0 unspecified atom stereocenters. The molecule has 2 nitrogen and oxygen atoms in total. The lowest BCUT2D eigenvalue weighted by Crippen LogP contribution is -1.97. The van der Waals surface area contributed by atoms with Gasteiger partial charge in [0.25, 0.3) is 0 Å². The fourth-order valence-corrected chi connectivity index (χ4v) is 2.07. The molecule has 0 amide bonds. The Balaban J connectivity index is 2.34. The zero-order valence-corrected chi connectivity index (χ0v) is 11.1. The molecule has 0 aliphatic heterocycles. The van der Waals surface area contributed by atoms with Crippen LogP contribution in [-0.4, -0.2) is 0 Å². The average molecular weight is 285 g/mol. The Bertz CT molecular complexity index is 577. The van der Waals surface area contributed by atoms with Gasteiger partial charge in [-0.2, -0.15) is 0 Å². The van der Waals surface area contributed by atoms with Crippen molar-refractivity contribution in [2.45, 2.75) is 6.92 Å². The Morgan fingerprint density at radius 1 is 1.11 bits per heavy atom. The highest BCUT2D eigenvalue weighted by Crippen LogP contribution is 2.30. The van der Waals surface area contributed by atoms with Gasteiger partial charge < -0.3 is 11.1 Å². The Labute approximate surface area is 115 Å². The molecule has 0 saturated carbocycles. The summed E-state index contributed by atoms with van der Waals surface area (Å²) >= 11 is 11.4. The molecule has 18 heavy (non-hydrogen) atoms. The fraction of sp³-hybridized carbons (Fsp3) is 0.0769. The van der Waals surface area contributed by atoms with Crippen molar-refractivity contribution < 1.29 is 4.39 Å². The van der Waals surface area contributed by atoms with Crippen LogP contribution >= 0.6 is 23.2 Å². The van der Waals surface area contributed by atoms with Gasteiger partial charge in [-0.05, 0) is 36.8 Å². The predicted molar refractivity (Wildman–Crippen MR) is 75.3 cm³/mol. The summed E-state index contributed by atoms with van der Waals surface area (Å²) in [5, 5.41) is 2.98. The maximum atomic E-state index is 13.3. The van der Waals surface area contributed by atoms with Gasteiger partial charge in [-0.15, -0.1) is 0 Å². The zero-order chi connectivity index (χ0) is 13.3.